The number of piperidine rings is 2. The van der Waals surface area contributed by atoms with E-state index in [4.69, 9.17) is 0 Å². The van der Waals surface area contributed by atoms with Crippen molar-refractivity contribution in [3.63, 3.8) is 0 Å². The lowest BCUT2D eigenvalue weighted by molar-refractivity contribution is -0.134. The molecule has 0 unspecified atom stereocenters. The van der Waals surface area contributed by atoms with E-state index in [-0.39, 0.29) is 37.3 Å². The van der Waals surface area contributed by atoms with E-state index in [0.717, 1.165) is 40.8 Å². The van der Waals surface area contributed by atoms with E-state index in [1.165, 1.54) is 0 Å². The van der Waals surface area contributed by atoms with Gasteiger partial charge in [-0.25, -0.2) is 4.39 Å². The van der Waals surface area contributed by atoms with Gasteiger partial charge in [0.1, 0.15) is 12.2 Å². The summed E-state index contributed by atoms with van der Waals surface area (Å²) in [6.45, 7) is 5.88. The first kappa shape index (κ1) is 23.6. The summed E-state index contributed by atoms with van der Waals surface area (Å²) in [6, 6.07) is 5.78. The molecule has 0 spiro atoms. The van der Waals surface area contributed by atoms with Crippen LogP contribution >= 0.6 is 0 Å². The Hall–Kier alpha value is -2.74. The third-order valence-electron chi connectivity index (χ3n) is 9.08. The second-order valence-corrected chi connectivity index (χ2v) is 11.3. The minimum absolute atomic E-state index is 0.0658. The number of hydrogen-bond donors (Lipinski definition) is 1. The molecule has 2 aliphatic heterocycles. The first-order valence-electron chi connectivity index (χ1n) is 13.4. The molecule has 7 nitrogen and oxygen atoms in total. The van der Waals surface area contributed by atoms with Crippen LogP contribution in [-0.2, 0) is 23.4 Å². The molecule has 1 aromatic carbocycles. The van der Waals surface area contributed by atoms with Gasteiger partial charge in [0.15, 0.2) is 5.69 Å². The highest BCUT2D eigenvalue weighted by molar-refractivity contribution is 5.95. The summed E-state index contributed by atoms with van der Waals surface area (Å²) in [6.07, 6.45) is 3.37. The Morgan fingerprint density at radius 2 is 1.83 bits per heavy atom. The van der Waals surface area contributed by atoms with Gasteiger partial charge >= 0.3 is 0 Å². The van der Waals surface area contributed by atoms with E-state index in [9.17, 15) is 14.7 Å². The van der Waals surface area contributed by atoms with Gasteiger partial charge in [0.25, 0.3) is 5.91 Å². The fourth-order valence-electron chi connectivity index (χ4n) is 6.54. The number of hydrogen-bond acceptors (Lipinski definition) is 4. The molecule has 2 amide bonds. The van der Waals surface area contributed by atoms with Crippen LogP contribution in [0.4, 0.5) is 4.39 Å². The lowest BCUT2D eigenvalue weighted by Crippen LogP contribution is -2.45. The number of carbonyl (C=O) groups excluding carboxylic acids is 2. The highest BCUT2D eigenvalue weighted by Crippen LogP contribution is 2.57. The number of aromatic nitrogens is 2. The fourth-order valence-corrected chi connectivity index (χ4v) is 6.54. The Balaban J connectivity index is 1.16. The van der Waals surface area contributed by atoms with Crippen LogP contribution in [0.2, 0.25) is 0 Å². The molecule has 2 atom stereocenters. The third kappa shape index (κ3) is 3.94. The number of nitrogens with zero attached hydrogens (tertiary/aromatic N) is 4. The number of aryl methyl sites for hydroxylation is 1. The predicted octanol–water partition coefficient (Wildman–Crippen LogP) is 3.24. The van der Waals surface area contributed by atoms with E-state index >= 15 is 4.39 Å². The van der Waals surface area contributed by atoms with Gasteiger partial charge in [-0.05, 0) is 68.1 Å². The Labute approximate surface area is 211 Å². The smallest absolute Gasteiger partial charge is 0.274 e. The molecule has 3 fully saturated rings. The number of fused-ring (bicyclic) bond motifs is 3. The maximum atomic E-state index is 15.9. The number of aliphatic hydroxyl groups excluding tert-OH is 1. The summed E-state index contributed by atoms with van der Waals surface area (Å²) < 4.78 is 17.7. The van der Waals surface area contributed by atoms with Crippen molar-refractivity contribution in [3.05, 3.63) is 51.8 Å². The molecule has 2 saturated heterocycles. The summed E-state index contributed by atoms with van der Waals surface area (Å²) >= 11 is 0. The number of benzene rings is 1. The van der Waals surface area contributed by atoms with Crippen LogP contribution in [0.15, 0.2) is 18.2 Å². The molecule has 36 heavy (non-hydrogen) atoms. The summed E-state index contributed by atoms with van der Waals surface area (Å²) in [5.41, 5.74) is 3.97. The molecule has 3 heterocycles. The molecule has 1 aromatic heterocycles. The SMILES string of the molecule is Cc1cccc(C2(F)CCN(C(=O)Cn3nc(C(=O)N4CCC(O)CC4)c4c3C[C@H]3C[C@@H]43)CC2)c1C. The maximum absolute atomic E-state index is 15.9. The standard InChI is InChI=1S/C28H35FN4O3/c1-17-4-3-5-22(18(17)2)28(29)8-12-31(13-9-28)24(35)16-33-23-15-19-14-21(19)25(23)26(30-33)27(36)32-10-6-20(34)7-11-32/h3-5,19-21,34H,6-16H2,1-2H3/t19-,21-/m1/s1. The lowest BCUT2D eigenvalue weighted by atomic mass is 9.82. The second-order valence-electron chi connectivity index (χ2n) is 11.3. The van der Waals surface area contributed by atoms with Crippen LogP contribution < -0.4 is 0 Å². The largest absolute Gasteiger partial charge is 0.393 e. The predicted molar refractivity (Wildman–Crippen MR) is 132 cm³/mol. The summed E-state index contributed by atoms with van der Waals surface area (Å²) in [5, 5.41) is 14.5. The molecule has 2 aliphatic carbocycles. The fraction of sp³-hybridized carbons (Fsp3) is 0.607. The maximum Gasteiger partial charge on any atom is 0.274 e. The summed E-state index contributed by atoms with van der Waals surface area (Å²) in [4.78, 5) is 30.1. The van der Waals surface area contributed by atoms with Gasteiger partial charge in [-0.15, -0.1) is 0 Å². The highest BCUT2D eigenvalue weighted by atomic mass is 19.1. The van der Waals surface area contributed by atoms with Gasteiger partial charge in [0.2, 0.25) is 5.91 Å². The zero-order valence-corrected chi connectivity index (χ0v) is 21.2. The number of likely N-dealkylation sites (tertiary alicyclic amines) is 2. The molecule has 0 radical (unpaired) electrons. The zero-order valence-electron chi connectivity index (χ0n) is 21.2. The van der Waals surface area contributed by atoms with Crippen LogP contribution in [0.3, 0.4) is 0 Å². The monoisotopic (exact) mass is 494 g/mol. The normalized spacial score (nSPS) is 25.0. The van der Waals surface area contributed by atoms with Gasteiger partial charge in [-0.2, -0.15) is 5.10 Å². The number of carbonyl (C=O) groups is 2. The minimum Gasteiger partial charge on any atom is -0.393 e. The number of alkyl halides is 1. The molecule has 0 bridgehead atoms. The molecule has 1 N–H and O–H groups in total. The van der Waals surface area contributed by atoms with Crippen molar-refractivity contribution in [2.45, 2.75) is 76.6 Å². The van der Waals surface area contributed by atoms with Crippen molar-refractivity contribution < 1.29 is 19.1 Å². The van der Waals surface area contributed by atoms with Gasteiger partial charge in [-0.1, -0.05) is 18.2 Å². The van der Waals surface area contributed by atoms with E-state index in [0.29, 0.717) is 56.6 Å². The Kier molecular flexibility index (Phi) is 5.70. The van der Waals surface area contributed by atoms with Crippen molar-refractivity contribution >= 4 is 11.8 Å². The Bertz CT molecular complexity index is 1210. The lowest BCUT2D eigenvalue weighted by Gasteiger charge is -2.37. The molecule has 1 saturated carbocycles. The average molecular weight is 495 g/mol. The zero-order chi connectivity index (χ0) is 25.2. The first-order valence-corrected chi connectivity index (χ1v) is 13.4. The minimum atomic E-state index is -1.41. The number of rotatable bonds is 4. The van der Waals surface area contributed by atoms with Crippen LogP contribution in [0.5, 0.6) is 0 Å². The van der Waals surface area contributed by atoms with Crippen LogP contribution in [-0.4, -0.2) is 68.8 Å². The van der Waals surface area contributed by atoms with E-state index in [1.54, 1.807) is 14.5 Å². The van der Waals surface area contributed by atoms with Crippen molar-refractivity contribution in [2.24, 2.45) is 5.92 Å². The van der Waals surface area contributed by atoms with Crippen molar-refractivity contribution in [2.75, 3.05) is 26.2 Å². The topological polar surface area (TPSA) is 78.7 Å². The summed E-state index contributed by atoms with van der Waals surface area (Å²) in [7, 11) is 0. The molecular formula is C28H35FN4O3. The molecule has 2 aromatic rings. The average Bonchev–Trinajstić information content (AvgIpc) is 3.39. The number of halogens is 1. The molecule has 4 aliphatic rings. The molecule has 192 valence electrons. The van der Waals surface area contributed by atoms with Crippen molar-refractivity contribution in [1.82, 2.24) is 19.6 Å². The van der Waals surface area contributed by atoms with Gasteiger partial charge in [0, 0.05) is 50.3 Å². The molecule has 8 heteroatoms. The van der Waals surface area contributed by atoms with Crippen LogP contribution in [0, 0.1) is 19.8 Å². The molecular weight excluding hydrogens is 459 g/mol. The summed E-state index contributed by atoms with van der Waals surface area (Å²) in [5.74, 6) is 0.807. The van der Waals surface area contributed by atoms with Gasteiger partial charge < -0.3 is 14.9 Å². The van der Waals surface area contributed by atoms with E-state index in [2.05, 4.69) is 5.10 Å². The van der Waals surface area contributed by atoms with Crippen molar-refractivity contribution in [1.29, 1.82) is 0 Å². The van der Waals surface area contributed by atoms with Crippen LogP contribution in [0.25, 0.3) is 0 Å². The van der Waals surface area contributed by atoms with E-state index in [1.807, 2.05) is 32.0 Å². The Morgan fingerprint density at radius 3 is 2.56 bits per heavy atom. The third-order valence-corrected chi connectivity index (χ3v) is 9.08. The second kappa shape index (κ2) is 8.68. The molecule has 6 rings (SSSR count). The van der Waals surface area contributed by atoms with Gasteiger partial charge in [-0.3, -0.25) is 14.3 Å². The van der Waals surface area contributed by atoms with E-state index < -0.39 is 5.67 Å². The number of amides is 2. The number of aliphatic hydroxyl groups is 1. The highest BCUT2D eigenvalue weighted by Gasteiger charge is 2.50. The van der Waals surface area contributed by atoms with Crippen molar-refractivity contribution in [3.8, 4) is 0 Å². The Morgan fingerprint density at radius 1 is 1.11 bits per heavy atom. The van der Waals surface area contributed by atoms with Crippen LogP contribution in [0.1, 0.15) is 76.5 Å². The first-order chi connectivity index (χ1) is 17.2. The van der Waals surface area contributed by atoms with Gasteiger partial charge in [0.05, 0.1) is 6.10 Å². The quantitative estimate of drug-likeness (QED) is 0.708.